The van der Waals surface area contributed by atoms with Crippen molar-refractivity contribution in [2.45, 2.75) is 32.6 Å². The van der Waals surface area contributed by atoms with Gasteiger partial charge < -0.3 is 19.9 Å². The summed E-state index contributed by atoms with van der Waals surface area (Å²) in [6.07, 6.45) is 4.85. The van der Waals surface area contributed by atoms with Crippen LogP contribution < -0.4 is 10.2 Å². The van der Waals surface area contributed by atoms with Crippen LogP contribution in [0, 0.1) is 21.4 Å². The summed E-state index contributed by atoms with van der Waals surface area (Å²) in [5.74, 6) is -1.17. The standard InChI is InChI=1S/C26H29N5O5S/c1-3-36-26(33)23-19-6-4-5-7-22(19)37-25(23)28-24(32)18(16-27)14-17-8-9-20(21(15-17)31(34)35)30-12-10-29(2)11-13-30/h8-9,14-15H,3-7,10-13H2,1-2H3,(H,28,32). The second kappa shape index (κ2) is 11.5. The first-order valence-electron chi connectivity index (χ1n) is 12.3. The number of hydrogen-bond donors (Lipinski definition) is 1. The number of carbonyl (C=O) groups excluding carboxylic acids is 2. The average Bonchev–Trinajstić information content (AvgIpc) is 3.25. The number of likely N-dealkylation sites (N-methyl/N-ethyl adjacent to an activating group) is 1. The fraction of sp³-hybridized carbons (Fsp3) is 0.423. The van der Waals surface area contributed by atoms with E-state index in [9.17, 15) is 25.0 Å². The van der Waals surface area contributed by atoms with Crippen LogP contribution in [0.3, 0.4) is 0 Å². The van der Waals surface area contributed by atoms with Crippen LogP contribution in [0.25, 0.3) is 6.08 Å². The van der Waals surface area contributed by atoms with E-state index in [2.05, 4.69) is 10.2 Å². The Balaban J connectivity index is 1.61. The largest absolute Gasteiger partial charge is 0.462 e. The molecule has 10 nitrogen and oxygen atoms in total. The Bertz CT molecular complexity index is 1290. The molecule has 0 unspecified atom stereocenters. The number of esters is 1. The highest BCUT2D eigenvalue weighted by molar-refractivity contribution is 7.17. The molecule has 1 amide bonds. The van der Waals surface area contributed by atoms with Gasteiger partial charge in [0.1, 0.15) is 22.3 Å². The summed E-state index contributed by atoms with van der Waals surface area (Å²) in [6, 6.07) is 6.60. The molecule has 1 aromatic heterocycles. The van der Waals surface area contributed by atoms with Gasteiger partial charge in [-0.15, -0.1) is 11.3 Å². The number of thiophene rings is 1. The lowest BCUT2D eigenvalue weighted by atomic mass is 9.95. The van der Waals surface area contributed by atoms with Gasteiger partial charge in [0, 0.05) is 37.1 Å². The molecule has 2 aliphatic rings. The molecule has 4 rings (SSSR count). The van der Waals surface area contributed by atoms with E-state index in [-0.39, 0.29) is 17.9 Å². The van der Waals surface area contributed by atoms with Gasteiger partial charge in [0.15, 0.2) is 0 Å². The van der Waals surface area contributed by atoms with Crippen LogP contribution in [-0.4, -0.2) is 61.5 Å². The number of rotatable bonds is 7. The third-order valence-electron chi connectivity index (χ3n) is 6.59. The Labute approximate surface area is 219 Å². The molecule has 2 heterocycles. The summed E-state index contributed by atoms with van der Waals surface area (Å²) < 4.78 is 5.23. The van der Waals surface area contributed by atoms with Crippen molar-refractivity contribution in [1.29, 1.82) is 5.26 Å². The van der Waals surface area contributed by atoms with E-state index in [1.54, 1.807) is 19.1 Å². The van der Waals surface area contributed by atoms with Gasteiger partial charge in [-0.3, -0.25) is 14.9 Å². The van der Waals surface area contributed by atoms with Gasteiger partial charge in [0.25, 0.3) is 11.6 Å². The van der Waals surface area contributed by atoms with Crippen molar-refractivity contribution in [2.75, 3.05) is 50.1 Å². The number of benzene rings is 1. The van der Waals surface area contributed by atoms with Gasteiger partial charge in [-0.2, -0.15) is 5.26 Å². The van der Waals surface area contributed by atoms with E-state index in [4.69, 9.17) is 4.74 Å². The number of fused-ring (bicyclic) bond motifs is 1. The van der Waals surface area contributed by atoms with Crippen LogP contribution in [0.2, 0.25) is 0 Å². The molecule has 1 aliphatic heterocycles. The van der Waals surface area contributed by atoms with Crippen molar-refractivity contribution in [3.05, 3.63) is 55.5 Å². The number of nitriles is 1. The van der Waals surface area contributed by atoms with E-state index in [1.165, 1.54) is 23.5 Å². The number of carbonyl (C=O) groups is 2. The number of ether oxygens (including phenoxy) is 1. The quantitative estimate of drug-likeness (QED) is 0.190. The number of nitrogens with zero attached hydrogens (tertiary/aromatic N) is 4. The van der Waals surface area contributed by atoms with Crippen molar-refractivity contribution >= 4 is 45.7 Å². The number of anilines is 2. The Morgan fingerprint density at radius 3 is 2.65 bits per heavy atom. The predicted octanol–water partition coefficient (Wildman–Crippen LogP) is 4.01. The Morgan fingerprint density at radius 2 is 1.97 bits per heavy atom. The van der Waals surface area contributed by atoms with Gasteiger partial charge in [0.2, 0.25) is 0 Å². The molecule has 194 valence electrons. The summed E-state index contributed by atoms with van der Waals surface area (Å²) in [4.78, 5) is 42.3. The predicted molar refractivity (Wildman–Crippen MR) is 142 cm³/mol. The van der Waals surface area contributed by atoms with Crippen LogP contribution in [-0.2, 0) is 22.4 Å². The van der Waals surface area contributed by atoms with E-state index >= 15 is 0 Å². The first-order chi connectivity index (χ1) is 17.8. The van der Waals surface area contributed by atoms with Crippen LogP contribution in [0.5, 0.6) is 0 Å². The second-order valence-corrected chi connectivity index (χ2v) is 10.2. The van der Waals surface area contributed by atoms with Crippen molar-refractivity contribution in [2.24, 2.45) is 0 Å². The van der Waals surface area contributed by atoms with Gasteiger partial charge in [-0.05, 0) is 62.9 Å². The Morgan fingerprint density at radius 1 is 1.24 bits per heavy atom. The number of nitrogens with one attached hydrogen (secondary N) is 1. The number of amides is 1. The van der Waals surface area contributed by atoms with Crippen molar-refractivity contribution in [3.63, 3.8) is 0 Å². The molecule has 0 radical (unpaired) electrons. The molecule has 0 bridgehead atoms. The topological polar surface area (TPSA) is 129 Å². The third-order valence-corrected chi connectivity index (χ3v) is 7.80. The first-order valence-corrected chi connectivity index (χ1v) is 13.1. The molecule has 1 aromatic carbocycles. The lowest BCUT2D eigenvalue weighted by molar-refractivity contribution is -0.384. The molecular weight excluding hydrogens is 494 g/mol. The van der Waals surface area contributed by atoms with Crippen LogP contribution in [0.15, 0.2) is 23.8 Å². The number of aryl methyl sites for hydroxylation is 1. The van der Waals surface area contributed by atoms with Gasteiger partial charge in [-0.25, -0.2) is 4.79 Å². The van der Waals surface area contributed by atoms with Crippen LogP contribution in [0.1, 0.15) is 46.1 Å². The number of nitro groups is 1. The molecule has 1 saturated heterocycles. The zero-order chi connectivity index (χ0) is 26.5. The minimum atomic E-state index is -0.683. The highest BCUT2D eigenvalue weighted by Gasteiger charge is 2.28. The molecule has 11 heteroatoms. The zero-order valence-corrected chi connectivity index (χ0v) is 21.7. The molecule has 0 atom stereocenters. The van der Waals surface area contributed by atoms with Gasteiger partial charge in [-0.1, -0.05) is 6.07 Å². The molecule has 1 N–H and O–H groups in total. The molecule has 0 saturated carbocycles. The maximum absolute atomic E-state index is 13.1. The number of hydrogen-bond acceptors (Lipinski definition) is 9. The van der Waals surface area contributed by atoms with E-state index in [0.29, 0.717) is 34.9 Å². The highest BCUT2D eigenvalue weighted by atomic mass is 32.1. The van der Waals surface area contributed by atoms with Gasteiger partial charge >= 0.3 is 5.97 Å². The Kier molecular flexibility index (Phi) is 8.21. The fourth-order valence-electron chi connectivity index (χ4n) is 4.65. The molecule has 2 aromatic rings. The molecule has 37 heavy (non-hydrogen) atoms. The summed E-state index contributed by atoms with van der Waals surface area (Å²) in [5, 5.41) is 24.6. The van der Waals surface area contributed by atoms with E-state index < -0.39 is 16.8 Å². The smallest absolute Gasteiger partial charge is 0.341 e. The lowest BCUT2D eigenvalue weighted by Crippen LogP contribution is -2.44. The van der Waals surface area contributed by atoms with Crippen molar-refractivity contribution < 1.29 is 19.2 Å². The minimum Gasteiger partial charge on any atom is -0.462 e. The molecule has 1 fully saturated rings. The van der Waals surface area contributed by atoms with Crippen molar-refractivity contribution in [3.8, 4) is 6.07 Å². The molecular formula is C26H29N5O5S. The summed E-state index contributed by atoms with van der Waals surface area (Å²) in [7, 11) is 2.01. The molecule has 1 aliphatic carbocycles. The maximum atomic E-state index is 13.1. The van der Waals surface area contributed by atoms with Crippen LogP contribution >= 0.6 is 11.3 Å². The lowest BCUT2D eigenvalue weighted by Gasteiger charge is -2.33. The van der Waals surface area contributed by atoms with Gasteiger partial charge in [0.05, 0.1) is 17.1 Å². The average molecular weight is 524 g/mol. The van der Waals surface area contributed by atoms with Crippen molar-refractivity contribution in [1.82, 2.24) is 4.90 Å². The highest BCUT2D eigenvalue weighted by Crippen LogP contribution is 2.39. The monoisotopic (exact) mass is 523 g/mol. The molecule has 0 spiro atoms. The second-order valence-electron chi connectivity index (χ2n) is 9.06. The van der Waals surface area contributed by atoms with Crippen LogP contribution in [0.4, 0.5) is 16.4 Å². The number of piperazine rings is 1. The first kappa shape index (κ1) is 26.3. The van der Waals surface area contributed by atoms with E-state index in [0.717, 1.165) is 49.2 Å². The zero-order valence-electron chi connectivity index (χ0n) is 20.9. The normalized spacial score (nSPS) is 16.0. The Hall–Kier alpha value is -3.75. The third kappa shape index (κ3) is 5.81. The van der Waals surface area contributed by atoms with E-state index in [1.807, 2.05) is 18.0 Å². The maximum Gasteiger partial charge on any atom is 0.341 e. The summed E-state index contributed by atoms with van der Waals surface area (Å²) in [6.45, 7) is 4.88. The SMILES string of the molecule is CCOC(=O)c1c(NC(=O)C(C#N)=Cc2ccc(N3CCN(C)CC3)c([N+](=O)[O-])c2)sc2c1CCCC2. The fourth-order valence-corrected chi connectivity index (χ4v) is 5.92. The number of nitro benzene ring substituents is 1. The summed E-state index contributed by atoms with van der Waals surface area (Å²) in [5.41, 5.74) is 1.85. The minimum absolute atomic E-state index is 0.0773. The summed E-state index contributed by atoms with van der Waals surface area (Å²) >= 11 is 1.34.